The van der Waals surface area contributed by atoms with E-state index in [1.165, 1.54) is 6.08 Å². The van der Waals surface area contributed by atoms with E-state index in [2.05, 4.69) is 5.32 Å². The van der Waals surface area contributed by atoms with Crippen molar-refractivity contribution in [3.63, 3.8) is 0 Å². The van der Waals surface area contributed by atoms with Crippen molar-refractivity contribution >= 4 is 12.0 Å². The number of rotatable bonds is 8. The minimum absolute atomic E-state index is 0.0574. The predicted octanol–water partition coefficient (Wildman–Crippen LogP) is 2.01. The Hall–Kier alpha value is -2.05. The SMILES string of the molecule is COc1ccc(C=CC(=O)OCC(O)CNC(C)(C)C)cc1OC. The van der Waals surface area contributed by atoms with Crippen LogP contribution in [0.1, 0.15) is 26.3 Å². The van der Waals surface area contributed by atoms with Gasteiger partial charge in [-0.25, -0.2) is 4.79 Å². The number of aliphatic hydroxyl groups excluding tert-OH is 1. The Labute approximate surface area is 143 Å². The van der Waals surface area contributed by atoms with E-state index in [0.29, 0.717) is 18.0 Å². The molecule has 1 unspecified atom stereocenters. The molecule has 1 rings (SSSR count). The second-order valence-electron chi connectivity index (χ2n) is 6.36. The molecule has 1 aromatic rings. The molecule has 0 aromatic heterocycles. The van der Waals surface area contributed by atoms with Crippen LogP contribution in [-0.2, 0) is 9.53 Å². The third-order valence-corrected chi connectivity index (χ3v) is 3.11. The molecule has 0 aliphatic rings. The molecule has 24 heavy (non-hydrogen) atoms. The number of methoxy groups -OCH3 is 2. The van der Waals surface area contributed by atoms with E-state index in [4.69, 9.17) is 14.2 Å². The number of carbonyl (C=O) groups is 1. The van der Waals surface area contributed by atoms with Crippen LogP contribution >= 0.6 is 0 Å². The van der Waals surface area contributed by atoms with Gasteiger partial charge in [-0.05, 0) is 44.5 Å². The molecule has 1 aromatic carbocycles. The van der Waals surface area contributed by atoms with Gasteiger partial charge < -0.3 is 24.6 Å². The van der Waals surface area contributed by atoms with Crippen LogP contribution in [-0.4, -0.2) is 50.1 Å². The fraction of sp³-hybridized carbons (Fsp3) is 0.500. The summed E-state index contributed by atoms with van der Waals surface area (Å²) in [4.78, 5) is 11.7. The van der Waals surface area contributed by atoms with Crippen LogP contribution < -0.4 is 14.8 Å². The van der Waals surface area contributed by atoms with Crippen molar-refractivity contribution < 1.29 is 24.1 Å². The number of β-amino-alcohol motifs (C(OH)–C–C–N with tert-alkyl or cyclic N) is 1. The van der Waals surface area contributed by atoms with Gasteiger partial charge in [0.25, 0.3) is 0 Å². The maximum absolute atomic E-state index is 11.7. The number of aliphatic hydroxyl groups is 1. The van der Waals surface area contributed by atoms with Crippen LogP contribution in [0.15, 0.2) is 24.3 Å². The molecule has 0 spiro atoms. The summed E-state index contributed by atoms with van der Waals surface area (Å²) < 4.78 is 15.4. The highest BCUT2D eigenvalue weighted by atomic mass is 16.5. The molecule has 0 bridgehead atoms. The zero-order chi connectivity index (χ0) is 18.2. The summed E-state index contributed by atoms with van der Waals surface area (Å²) in [5.41, 5.74) is 0.678. The van der Waals surface area contributed by atoms with Crippen molar-refractivity contribution in [2.75, 3.05) is 27.4 Å². The average Bonchev–Trinajstić information content (AvgIpc) is 2.55. The van der Waals surface area contributed by atoms with Crippen LogP contribution in [0.3, 0.4) is 0 Å². The smallest absolute Gasteiger partial charge is 0.330 e. The Morgan fingerprint density at radius 3 is 2.50 bits per heavy atom. The van der Waals surface area contributed by atoms with Gasteiger partial charge in [-0.3, -0.25) is 0 Å². The minimum Gasteiger partial charge on any atom is -0.493 e. The fourth-order valence-corrected chi connectivity index (χ4v) is 1.83. The number of hydrogen-bond donors (Lipinski definition) is 2. The maximum atomic E-state index is 11.7. The van der Waals surface area contributed by atoms with Crippen molar-refractivity contribution in [2.24, 2.45) is 0 Å². The molecule has 134 valence electrons. The van der Waals surface area contributed by atoms with Crippen LogP contribution in [0.4, 0.5) is 0 Å². The number of benzene rings is 1. The van der Waals surface area contributed by atoms with E-state index in [-0.39, 0.29) is 12.1 Å². The second-order valence-corrected chi connectivity index (χ2v) is 6.36. The lowest BCUT2D eigenvalue weighted by Crippen LogP contribution is -2.42. The maximum Gasteiger partial charge on any atom is 0.330 e. The van der Waals surface area contributed by atoms with Crippen molar-refractivity contribution in [3.05, 3.63) is 29.8 Å². The van der Waals surface area contributed by atoms with Crippen molar-refractivity contribution in [1.29, 1.82) is 0 Å². The van der Waals surface area contributed by atoms with Gasteiger partial charge in [0, 0.05) is 18.2 Å². The van der Waals surface area contributed by atoms with Crippen molar-refractivity contribution in [1.82, 2.24) is 5.32 Å². The molecule has 0 radical (unpaired) electrons. The summed E-state index contributed by atoms with van der Waals surface area (Å²) in [6.07, 6.45) is 2.18. The molecule has 0 aliphatic carbocycles. The lowest BCUT2D eigenvalue weighted by Gasteiger charge is -2.22. The minimum atomic E-state index is -0.748. The first-order chi connectivity index (χ1) is 11.2. The average molecular weight is 337 g/mol. The summed E-state index contributed by atoms with van der Waals surface area (Å²) in [7, 11) is 3.11. The third-order valence-electron chi connectivity index (χ3n) is 3.11. The van der Waals surface area contributed by atoms with Gasteiger partial charge in [0.2, 0.25) is 0 Å². The number of hydrogen-bond acceptors (Lipinski definition) is 6. The molecule has 2 N–H and O–H groups in total. The van der Waals surface area contributed by atoms with Crippen molar-refractivity contribution in [3.8, 4) is 11.5 Å². The lowest BCUT2D eigenvalue weighted by atomic mass is 10.1. The fourth-order valence-electron chi connectivity index (χ4n) is 1.83. The summed E-state index contributed by atoms with van der Waals surface area (Å²) in [5, 5.41) is 12.9. The third kappa shape index (κ3) is 7.48. The molecule has 6 nitrogen and oxygen atoms in total. The number of nitrogens with one attached hydrogen (secondary N) is 1. The molecule has 0 saturated heterocycles. The molecule has 0 aliphatic heterocycles. The quantitative estimate of drug-likeness (QED) is 0.558. The lowest BCUT2D eigenvalue weighted by molar-refractivity contribution is -0.140. The molecular formula is C18H27NO5. The molecule has 6 heteroatoms. The first-order valence-corrected chi connectivity index (χ1v) is 7.75. The van der Waals surface area contributed by atoms with Gasteiger partial charge in [0.1, 0.15) is 12.7 Å². The van der Waals surface area contributed by atoms with Gasteiger partial charge in [0.05, 0.1) is 14.2 Å². The molecular weight excluding hydrogens is 310 g/mol. The first kappa shape index (κ1) is 20.0. The highest BCUT2D eigenvalue weighted by Crippen LogP contribution is 2.27. The Kier molecular flexibility index (Phi) is 7.74. The largest absolute Gasteiger partial charge is 0.493 e. The Bertz CT molecular complexity index is 563. The topological polar surface area (TPSA) is 77.0 Å². The zero-order valence-corrected chi connectivity index (χ0v) is 15.0. The molecule has 0 heterocycles. The monoisotopic (exact) mass is 337 g/mol. The second kappa shape index (κ2) is 9.30. The van der Waals surface area contributed by atoms with Crippen LogP contribution in [0.2, 0.25) is 0 Å². The van der Waals surface area contributed by atoms with E-state index in [0.717, 1.165) is 5.56 Å². The van der Waals surface area contributed by atoms with Crippen LogP contribution in [0, 0.1) is 0 Å². The highest BCUT2D eigenvalue weighted by molar-refractivity contribution is 5.87. The Morgan fingerprint density at radius 2 is 1.92 bits per heavy atom. The first-order valence-electron chi connectivity index (χ1n) is 7.75. The molecule has 0 saturated carbocycles. The molecule has 1 atom stereocenters. The van der Waals surface area contributed by atoms with Gasteiger partial charge in [-0.1, -0.05) is 6.07 Å². The normalized spacial score (nSPS) is 12.9. The van der Waals surface area contributed by atoms with E-state index in [9.17, 15) is 9.90 Å². The van der Waals surface area contributed by atoms with Gasteiger partial charge >= 0.3 is 5.97 Å². The van der Waals surface area contributed by atoms with E-state index >= 15 is 0 Å². The summed E-state index contributed by atoms with van der Waals surface area (Å²) in [6, 6.07) is 5.31. The Morgan fingerprint density at radius 1 is 1.25 bits per heavy atom. The molecule has 0 amide bonds. The number of ether oxygens (including phenoxy) is 3. The van der Waals surface area contributed by atoms with E-state index < -0.39 is 12.1 Å². The number of carbonyl (C=O) groups excluding carboxylic acids is 1. The zero-order valence-electron chi connectivity index (χ0n) is 15.0. The highest BCUT2D eigenvalue weighted by Gasteiger charge is 2.13. The van der Waals surface area contributed by atoms with E-state index in [1.54, 1.807) is 38.5 Å². The van der Waals surface area contributed by atoms with Gasteiger partial charge in [-0.15, -0.1) is 0 Å². The summed E-state index contributed by atoms with van der Waals surface area (Å²) in [6.45, 7) is 6.29. The summed E-state index contributed by atoms with van der Waals surface area (Å²) in [5.74, 6) is 0.683. The summed E-state index contributed by atoms with van der Waals surface area (Å²) >= 11 is 0. The Balaban J connectivity index is 2.48. The van der Waals surface area contributed by atoms with Crippen LogP contribution in [0.5, 0.6) is 11.5 Å². The molecule has 0 fully saturated rings. The van der Waals surface area contributed by atoms with Gasteiger partial charge in [0.15, 0.2) is 11.5 Å². The van der Waals surface area contributed by atoms with Crippen molar-refractivity contribution in [2.45, 2.75) is 32.4 Å². The van der Waals surface area contributed by atoms with Crippen LogP contribution in [0.25, 0.3) is 6.08 Å². The number of esters is 1. The van der Waals surface area contributed by atoms with Gasteiger partial charge in [-0.2, -0.15) is 0 Å². The standard InChI is InChI=1S/C18H27NO5/c1-18(2,3)19-11-14(20)12-24-17(21)9-7-13-6-8-15(22-4)16(10-13)23-5/h6-10,14,19-20H,11-12H2,1-5H3. The van der Waals surface area contributed by atoms with E-state index in [1.807, 2.05) is 20.8 Å². The predicted molar refractivity (Wildman–Crippen MR) is 93.3 cm³/mol.